The van der Waals surface area contributed by atoms with Crippen molar-refractivity contribution in [2.75, 3.05) is 13.1 Å². The first-order valence-electron chi connectivity index (χ1n) is 4.71. The molecule has 0 spiro atoms. The molecule has 16 heavy (non-hydrogen) atoms. The Balaban J connectivity index is 2.37. The maximum absolute atomic E-state index is 11.5. The fourth-order valence-corrected chi connectivity index (χ4v) is 1.05. The smallest absolute Gasteiger partial charge is 0.251 e. The van der Waals surface area contributed by atoms with Crippen molar-refractivity contribution < 1.29 is 9.59 Å². The van der Waals surface area contributed by atoms with Gasteiger partial charge in [-0.2, -0.15) is 5.26 Å². The van der Waals surface area contributed by atoms with Gasteiger partial charge in [-0.25, -0.2) is 0 Å². The highest BCUT2D eigenvalue weighted by Crippen LogP contribution is 1.96. The van der Waals surface area contributed by atoms with Gasteiger partial charge in [-0.05, 0) is 12.1 Å². The molecule has 0 aliphatic heterocycles. The van der Waals surface area contributed by atoms with E-state index >= 15 is 0 Å². The molecule has 5 heteroatoms. The fraction of sp³-hybridized carbons (Fsp3) is 0.182. The molecule has 0 aliphatic carbocycles. The summed E-state index contributed by atoms with van der Waals surface area (Å²) in [5.41, 5.74) is 0.496. The van der Waals surface area contributed by atoms with E-state index in [0.717, 1.165) is 0 Å². The number of nitrogens with zero attached hydrogens (tertiary/aromatic N) is 1. The summed E-state index contributed by atoms with van der Waals surface area (Å²) >= 11 is 0. The molecule has 0 atom stereocenters. The monoisotopic (exact) mass is 217 g/mol. The maximum atomic E-state index is 11.5. The lowest BCUT2D eigenvalue weighted by atomic mass is 10.2. The Morgan fingerprint density at radius 2 is 1.88 bits per heavy atom. The van der Waals surface area contributed by atoms with Gasteiger partial charge in [0.1, 0.15) is 6.54 Å². The van der Waals surface area contributed by atoms with Crippen LogP contribution in [0.3, 0.4) is 0 Å². The van der Waals surface area contributed by atoms with Crippen LogP contribution in [-0.2, 0) is 4.79 Å². The van der Waals surface area contributed by atoms with E-state index in [1.54, 1.807) is 36.4 Å². The van der Waals surface area contributed by atoms with Crippen LogP contribution in [-0.4, -0.2) is 24.9 Å². The number of nitriles is 1. The maximum Gasteiger partial charge on any atom is 0.251 e. The topological polar surface area (TPSA) is 82.0 Å². The van der Waals surface area contributed by atoms with Crippen molar-refractivity contribution in [1.29, 1.82) is 5.26 Å². The van der Waals surface area contributed by atoms with Crippen molar-refractivity contribution >= 4 is 11.8 Å². The van der Waals surface area contributed by atoms with E-state index in [0.29, 0.717) is 5.56 Å². The first kappa shape index (κ1) is 11.7. The SMILES string of the molecule is N#CCNC(=O)CNC(=O)c1ccccc1. The molecule has 1 rings (SSSR count). The zero-order chi connectivity index (χ0) is 11.8. The molecule has 0 aromatic heterocycles. The lowest BCUT2D eigenvalue weighted by Crippen LogP contribution is -2.36. The minimum absolute atomic E-state index is 0.0555. The van der Waals surface area contributed by atoms with Gasteiger partial charge in [-0.15, -0.1) is 0 Å². The molecule has 0 radical (unpaired) electrons. The highest BCUT2D eigenvalue weighted by molar-refractivity contribution is 5.96. The molecule has 2 N–H and O–H groups in total. The van der Waals surface area contributed by atoms with E-state index < -0.39 is 0 Å². The van der Waals surface area contributed by atoms with Crippen LogP contribution >= 0.6 is 0 Å². The lowest BCUT2D eigenvalue weighted by Gasteiger charge is -2.04. The Kier molecular flexibility index (Phi) is 4.54. The Morgan fingerprint density at radius 3 is 2.50 bits per heavy atom. The van der Waals surface area contributed by atoms with E-state index in [1.165, 1.54) is 0 Å². The van der Waals surface area contributed by atoms with Crippen molar-refractivity contribution in [2.45, 2.75) is 0 Å². The summed E-state index contributed by atoms with van der Waals surface area (Å²) in [6.45, 7) is -0.185. The van der Waals surface area contributed by atoms with Crippen molar-refractivity contribution in [3.05, 3.63) is 35.9 Å². The summed E-state index contributed by atoms with van der Waals surface area (Å²) in [7, 11) is 0. The summed E-state index contributed by atoms with van der Waals surface area (Å²) in [6.07, 6.45) is 0. The molecular weight excluding hydrogens is 206 g/mol. The molecule has 1 aromatic rings. The zero-order valence-corrected chi connectivity index (χ0v) is 8.56. The molecule has 0 saturated carbocycles. The van der Waals surface area contributed by atoms with Crippen molar-refractivity contribution in [3.8, 4) is 6.07 Å². The molecule has 5 nitrogen and oxygen atoms in total. The molecule has 0 unspecified atom stereocenters. The van der Waals surface area contributed by atoms with Crippen LogP contribution in [0.4, 0.5) is 0 Å². The van der Waals surface area contributed by atoms with E-state index in [-0.39, 0.29) is 24.9 Å². The largest absolute Gasteiger partial charge is 0.343 e. The third-order valence-electron chi connectivity index (χ3n) is 1.81. The van der Waals surface area contributed by atoms with Gasteiger partial charge in [0.2, 0.25) is 5.91 Å². The molecule has 0 bridgehead atoms. The number of nitrogens with one attached hydrogen (secondary N) is 2. The van der Waals surface area contributed by atoms with Crippen molar-refractivity contribution in [1.82, 2.24) is 10.6 Å². The van der Waals surface area contributed by atoms with Gasteiger partial charge in [0, 0.05) is 5.56 Å². The Bertz CT molecular complexity index is 409. The highest BCUT2D eigenvalue weighted by atomic mass is 16.2. The highest BCUT2D eigenvalue weighted by Gasteiger charge is 2.06. The van der Waals surface area contributed by atoms with Gasteiger partial charge < -0.3 is 10.6 Å². The van der Waals surface area contributed by atoms with Gasteiger partial charge in [-0.3, -0.25) is 9.59 Å². The second-order valence-electron chi connectivity index (χ2n) is 2.98. The Labute approximate surface area is 93.1 Å². The average Bonchev–Trinajstić information content (AvgIpc) is 2.34. The Hall–Kier alpha value is -2.35. The minimum Gasteiger partial charge on any atom is -0.343 e. The van der Waals surface area contributed by atoms with Gasteiger partial charge in [0.15, 0.2) is 0 Å². The van der Waals surface area contributed by atoms with E-state index in [9.17, 15) is 9.59 Å². The number of amides is 2. The van der Waals surface area contributed by atoms with Gasteiger partial charge in [0.05, 0.1) is 12.6 Å². The molecular formula is C11H11N3O2. The molecule has 2 amide bonds. The summed E-state index contributed by atoms with van der Waals surface area (Å²) in [4.78, 5) is 22.5. The number of carbonyl (C=O) groups excluding carboxylic acids is 2. The van der Waals surface area contributed by atoms with Crippen LogP contribution in [0.5, 0.6) is 0 Å². The van der Waals surface area contributed by atoms with Crippen LogP contribution in [0.1, 0.15) is 10.4 Å². The van der Waals surface area contributed by atoms with Crippen LogP contribution in [0, 0.1) is 11.3 Å². The van der Waals surface area contributed by atoms with Gasteiger partial charge in [-0.1, -0.05) is 18.2 Å². The van der Waals surface area contributed by atoms with Crippen molar-refractivity contribution in [2.24, 2.45) is 0 Å². The molecule has 0 aliphatic rings. The minimum atomic E-state index is -0.383. The van der Waals surface area contributed by atoms with Crippen LogP contribution < -0.4 is 10.6 Å². The fourth-order valence-electron chi connectivity index (χ4n) is 1.05. The van der Waals surface area contributed by atoms with Gasteiger partial charge in [0.25, 0.3) is 5.91 Å². The third kappa shape index (κ3) is 3.80. The predicted molar refractivity (Wildman–Crippen MR) is 57.4 cm³/mol. The molecule has 82 valence electrons. The van der Waals surface area contributed by atoms with E-state index in [2.05, 4.69) is 10.6 Å². The number of hydrogen-bond donors (Lipinski definition) is 2. The molecule has 0 fully saturated rings. The Morgan fingerprint density at radius 1 is 1.19 bits per heavy atom. The summed E-state index contributed by atoms with van der Waals surface area (Å²) in [5.74, 6) is -0.696. The van der Waals surface area contributed by atoms with Crippen LogP contribution in [0.15, 0.2) is 30.3 Å². The summed E-state index contributed by atoms with van der Waals surface area (Å²) in [5, 5.41) is 13.0. The molecule has 1 aromatic carbocycles. The standard InChI is InChI=1S/C11H11N3O2/c12-6-7-13-10(15)8-14-11(16)9-4-2-1-3-5-9/h1-5H,7-8H2,(H,13,15)(H,14,16). The first-order chi connectivity index (χ1) is 7.74. The predicted octanol–water partition coefficient (Wildman–Crippen LogP) is 0.0562. The third-order valence-corrected chi connectivity index (χ3v) is 1.81. The molecule has 0 heterocycles. The van der Waals surface area contributed by atoms with E-state index in [1.807, 2.05) is 0 Å². The summed E-state index contributed by atoms with van der Waals surface area (Å²) in [6, 6.07) is 10.4. The second-order valence-corrected chi connectivity index (χ2v) is 2.98. The quantitative estimate of drug-likeness (QED) is 0.699. The van der Waals surface area contributed by atoms with Gasteiger partial charge >= 0.3 is 0 Å². The number of benzene rings is 1. The average molecular weight is 217 g/mol. The zero-order valence-electron chi connectivity index (χ0n) is 8.56. The lowest BCUT2D eigenvalue weighted by molar-refractivity contribution is -0.119. The second kappa shape index (κ2) is 6.19. The number of carbonyl (C=O) groups is 2. The number of rotatable bonds is 4. The summed E-state index contributed by atoms with van der Waals surface area (Å²) < 4.78 is 0. The van der Waals surface area contributed by atoms with E-state index in [4.69, 9.17) is 5.26 Å². The van der Waals surface area contributed by atoms with Crippen LogP contribution in [0.25, 0.3) is 0 Å². The first-order valence-corrected chi connectivity index (χ1v) is 4.71. The normalized spacial score (nSPS) is 8.94. The van der Waals surface area contributed by atoms with Crippen LogP contribution in [0.2, 0.25) is 0 Å². The molecule has 0 saturated heterocycles. The van der Waals surface area contributed by atoms with Crippen molar-refractivity contribution in [3.63, 3.8) is 0 Å². The number of hydrogen-bond acceptors (Lipinski definition) is 3.